The Balaban J connectivity index is 1.75. The van der Waals surface area contributed by atoms with Crippen molar-refractivity contribution in [1.29, 1.82) is 0 Å². The van der Waals surface area contributed by atoms with E-state index in [1.54, 1.807) is 7.11 Å². The van der Waals surface area contributed by atoms with Crippen LogP contribution in [0.4, 0.5) is 0 Å². The Kier molecular flexibility index (Phi) is 5.59. The first-order chi connectivity index (χ1) is 9.81. The summed E-state index contributed by atoms with van der Waals surface area (Å²) in [7, 11) is 1.68. The average Bonchev–Trinajstić information content (AvgIpc) is 2.52. The molecule has 0 aliphatic heterocycles. The van der Waals surface area contributed by atoms with E-state index in [2.05, 4.69) is 23.5 Å². The number of nitrogens with one attached hydrogen (secondary N) is 1. The second-order valence-corrected chi connectivity index (χ2v) is 4.75. The second-order valence-electron chi connectivity index (χ2n) is 4.75. The van der Waals surface area contributed by atoms with E-state index in [4.69, 9.17) is 9.84 Å². The van der Waals surface area contributed by atoms with E-state index < -0.39 is 0 Å². The number of ether oxygens (including phenoxy) is 1. The van der Waals surface area contributed by atoms with Crippen LogP contribution in [0.1, 0.15) is 16.7 Å². The van der Waals surface area contributed by atoms with Crippen LogP contribution in [-0.4, -0.2) is 18.8 Å². The van der Waals surface area contributed by atoms with Gasteiger partial charge in [-0.3, -0.25) is 0 Å². The van der Waals surface area contributed by atoms with Gasteiger partial charge in [0.25, 0.3) is 0 Å². The van der Waals surface area contributed by atoms with Crippen LogP contribution < -0.4 is 10.1 Å². The van der Waals surface area contributed by atoms with E-state index in [0.717, 1.165) is 30.8 Å². The van der Waals surface area contributed by atoms with Crippen LogP contribution in [0.25, 0.3) is 0 Å². The molecule has 0 radical (unpaired) electrons. The zero-order valence-corrected chi connectivity index (χ0v) is 11.8. The maximum Gasteiger partial charge on any atom is 0.119 e. The number of benzene rings is 2. The summed E-state index contributed by atoms with van der Waals surface area (Å²) in [5, 5.41) is 12.4. The summed E-state index contributed by atoms with van der Waals surface area (Å²) in [5.74, 6) is 0.892. The highest BCUT2D eigenvalue weighted by molar-refractivity contribution is 5.28. The van der Waals surface area contributed by atoms with Gasteiger partial charge in [0, 0.05) is 6.54 Å². The standard InChI is InChI=1S/C17H21NO2/c1-20-17-4-2-3-16(11-17)12-18-10-9-14-5-7-15(13-19)8-6-14/h2-8,11,18-19H,9-10,12-13H2,1H3. The van der Waals surface area contributed by atoms with Crippen molar-refractivity contribution in [2.24, 2.45) is 0 Å². The Morgan fingerprint density at radius 3 is 2.45 bits per heavy atom. The van der Waals surface area contributed by atoms with Gasteiger partial charge in [0.2, 0.25) is 0 Å². The molecule has 0 saturated heterocycles. The fraction of sp³-hybridized carbons (Fsp3) is 0.294. The fourth-order valence-corrected chi connectivity index (χ4v) is 2.06. The molecule has 0 aliphatic carbocycles. The van der Waals surface area contributed by atoms with Crippen LogP contribution in [0.5, 0.6) is 5.75 Å². The molecule has 0 amide bonds. The molecule has 3 nitrogen and oxygen atoms in total. The molecule has 0 bridgehead atoms. The van der Waals surface area contributed by atoms with Gasteiger partial charge in [0.05, 0.1) is 13.7 Å². The van der Waals surface area contributed by atoms with Gasteiger partial charge in [-0.1, -0.05) is 36.4 Å². The largest absolute Gasteiger partial charge is 0.497 e. The van der Waals surface area contributed by atoms with E-state index >= 15 is 0 Å². The number of rotatable bonds is 7. The van der Waals surface area contributed by atoms with E-state index in [-0.39, 0.29) is 6.61 Å². The number of hydrogen-bond donors (Lipinski definition) is 2. The maximum atomic E-state index is 8.99. The van der Waals surface area contributed by atoms with Crippen LogP contribution in [0.15, 0.2) is 48.5 Å². The molecule has 0 aromatic heterocycles. The summed E-state index contributed by atoms with van der Waals surface area (Å²) >= 11 is 0. The van der Waals surface area contributed by atoms with Crippen molar-refractivity contribution in [3.05, 3.63) is 65.2 Å². The number of methoxy groups -OCH3 is 1. The highest BCUT2D eigenvalue weighted by Crippen LogP contribution is 2.12. The lowest BCUT2D eigenvalue weighted by Gasteiger charge is -2.07. The van der Waals surface area contributed by atoms with Gasteiger partial charge >= 0.3 is 0 Å². The summed E-state index contributed by atoms with van der Waals surface area (Å²) < 4.78 is 5.20. The van der Waals surface area contributed by atoms with Crippen molar-refractivity contribution in [2.75, 3.05) is 13.7 Å². The van der Waals surface area contributed by atoms with Crippen molar-refractivity contribution in [3.8, 4) is 5.75 Å². The van der Waals surface area contributed by atoms with Gasteiger partial charge < -0.3 is 15.2 Å². The molecular weight excluding hydrogens is 250 g/mol. The highest BCUT2D eigenvalue weighted by Gasteiger charge is 1.97. The van der Waals surface area contributed by atoms with Gasteiger partial charge in [-0.05, 0) is 41.8 Å². The lowest BCUT2D eigenvalue weighted by atomic mass is 10.1. The molecule has 0 saturated carbocycles. The highest BCUT2D eigenvalue weighted by atomic mass is 16.5. The van der Waals surface area contributed by atoms with Gasteiger partial charge in [-0.25, -0.2) is 0 Å². The maximum absolute atomic E-state index is 8.99. The van der Waals surface area contributed by atoms with Gasteiger partial charge in [-0.15, -0.1) is 0 Å². The fourth-order valence-electron chi connectivity index (χ4n) is 2.06. The topological polar surface area (TPSA) is 41.5 Å². The number of aliphatic hydroxyl groups excluding tert-OH is 1. The molecule has 106 valence electrons. The third kappa shape index (κ3) is 4.37. The SMILES string of the molecule is COc1cccc(CNCCc2ccc(CO)cc2)c1. The first kappa shape index (κ1) is 14.6. The predicted molar refractivity (Wildman–Crippen MR) is 80.8 cm³/mol. The quantitative estimate of drug-likeness (QED) is 0.760. The molecule has 3 heteroatoms. The minimum atomic E-state index is 0.106. The number of hydrogen-bond acceptors (Lipinski definition) is 3. The molecule has 0 spiro atoms. The average molecular weight is 271 g/mol. The number of aliphatic hydroxyl groups is 1. The predicted octanol–water partition coefficient (Wildman–Crippen LogP) is 2.52. The van der Waals surface area contributed by atoms with Crippen LogP contribution in [-0.2, 0) is 19.6 Å². The Morgan fingerprint density at radius 1 is 1.00 bits per heavy atom. The summed E-state index contributed by atoms with van der Waals surface area (Å²) in [6.07, 6.45) is 0.982. The Bertz CT molecular complexity index is 523. The normalized spacial score (nSPS) is 10.5. The first-order valence-corrected chi connectivity index (χ1v) is 6.84. The lowest BCUT2D eigenvalue weighted by Crippen LogP contribution is -2.16. The third-order valence-electron chi connectivity index (χ3n) is 3.26. The molecule has 2 rings (SSSR count). The van der Waals surface area contributed by atoms with Crippen molar-refractivity contribution < 1.29 is 9.84 Å². The summed E-state index contributed by atoms with van der Waals surface area (Å²) in [6.45, 7) is 1.87. The molecule has 0 fully saturated rings. The van der Waals surface area contributed by atoms with E-state index in [9.17, 15) is 0 Å². The second kappa shape index (κ2) is 7.68. The minimum Gasteiger partial charge on any atom is -0.497 e. The van der Waals surface area contributed by atoms with E-state index in [0.29, 0.717) is 0 Å². The lowest BCUT2D eigenvalue weighted by molar-refractivity contribution is 0.282. The summed E-state index contributed by atoms with van der Waals surface area (Å²) in [5.41, 5.74) is 3.46. The van der Waals surface area contributed by atoms with Crippen molar-refractivity contribution in [1.82, 2.24) is 5.32 Å². The van der Waals surface area contributed by atoms with E-state index in [1.165, 1.54) is 11.1 Å². The molecule has 0 unspecified atom stereocenters. The molecular formula is C17H21NO2. The first-order valence-electron chi connectivity index (χ1n) is 6.84. The molecule has 2 N–H and O–H groups in total. The van der Waals surface area contributed by atoms with Crippen LogP contribution in [0.3, 0.4) is 0 Å². The zero-order valence-electron chi connectivity index (χ0n) is 11.8. The smallest absolute Gasteiger partial charge is 0.119 e. The molecule has 2 aromatic rings. The van der Waals surface area contributed by atoms with Gasteiger partial charge in [-0.2, -0.15) is 0 Å². The van der Waals surface area contributed by atoms with Crippen molar-refractivity contribution in [3.63, 3.8) is 0 Å². The summed E-state index contributed by atoms with van der Waals surface area (Å²) in [4.78, 5) is 0. The third-order valence-corrected chi connectivity index (χ3v) is 3.26. The zero-order chi connectivity index (χ0) is 14.2. The van der Waals surface area contributed by atoms with Crippen molar-refractivity contribution in [2.45, 2.75) is 19.6 Å². The van der Waals surface area contributed by atoms with Crippen LogP contribution in [0.2, 0.25) is 0 Å². The molecule has 0 aliphatic rings. The minimum absolute atomic E-state index is 0.106. The van der Waals surface area contributed by atoms with Gasteiger partial charge in [0.1, 0.15) is 5.75 Å². The van der Waals surface area contributed by atoms with Crippen LogP contribution in [0, 0.1) is 0 Å². The van der Waals surface area contributed by atoms with Crippen molar-refractivity contribution >= 4 is 0 Å². The van der Waals surface area contributed by atoms with Gasteiger partial charge in [0.15, 0.2) is 0 Å². The van der Waals surface area contributed by atoms with E-state index in [1.807, 2.05) is 30.3 Å². The molecule has 2 aromatic carbocycles. The Hall–Kier alpha value is -1.84. The molecule has 0 atom stereocenters. The molecule has 0 heterocycles. The Morgan fingerprint density at radius 2 is 1.75 bits per heavy atom. The molecule has 20 heavy (non-hydrogen) atoms. The van der Waals surface area contributed by atoms with Crippen LogP contribution >= 0.6 is 0 Å². The Labute approximate surface area is 120 Å². The summed E-state index contributed by atoms with van der Waals surface area (Å²) in [6, 6.07) is 16.2. The monoisotopic (exact) mass is 271 g/mol.